The van der Waals surface area contributed by atoms with Gasteiger partial charge in [-0.3, -0.25) is 4.79 Å². The number of carbonyl (C=O) groups excluding carboxylic acids is 2. The lowest BCUT2D eigenvalue weighted by Gasteiger charge is -2.20. The highest BCUT2D eigenvalue weighted by molar-refractivity contribution is 7.10. The molecule has 2 atom stereocenters. The fraction of sp³-hybridized carbons (Fsp3) is 0.652. The van der Waals surface area contributed by atoms with Crippen molar-refractivity contribution >= 4 is 23.2 Å². The molecule has 0 aromatic carbocycles. The fourth-order valence-electron chi connectivity index (χ4n) is 2.97. The van der Waals surface area contributed by atoms with Crippen LogP contribution in [0.3, 0.4) is 0 Å². The Kier molecular flexibility index (Phi) is 13.1. The maximum absolute atomic E-state index is 12.1. The van der Waals surface area contributed by atoms with Gasteiger partial charge in [0.25, 0.3) is 0 Å². The molecule has 0 aliphatic heterocycles. The monoisotopic (exact) mass is 421 g/mol. The van der Waals surface area contributed by atoms with Crippen molar-refractivity contribution in [2.24, 2.45) is 0 Å². The molecule has 1 aromatic heterocycles. The smallest absolute Gasteiger partial charge is 0.331 e. The molecule has 1 rings (SSSR count). The third-order valence-electron chi connectivity index (χ3n) is 4.51. The minimum absolute atomic E-state index is 0.182. The summed E-state index contributed by atoms with van der Waals surface area (Å²) in [5, 5.41) is 14.9. The summed E-state index contributed by atoms with van der Waals surface area (Å²) in [4.78, 5) is 24.0. The predicted molar refractivity (Wildman–Crippen MR) is 118 cm³/mol. The molecule has 162 valence electrons. The largest absolute Gasteiger partial charge is 0.464 e. The quantitative estimate of drug-likeness (QED) is 0.274. The van der Waals surface area contributed by atoms with E-state index in [2.05, 4.69) is 24.1 Å². The second kappa shape index (κ2) is 15.1. The molecule has 2 N–H and O–H groups in total. The van der Waals surface area contributed by atoms with Crippen LogP contribution in [0.5, 0.6) is 0 Å². The summed E-state index contributed by atoms with van der Waals surface area (Å²) in [6, 6.07) is 0.647. The topological polar surface area (TPSA) is 75.6 Å². The SMILES string of the molecule is CCCCCCCCCCC#Cc1csc(C(O)C(NC(C)=O)C(=O)OCC)c1. The second-order valence-corrected chi connectivity index (χ2v) is 8.08. The number of aliphatic hydroxyl groups excluding tert-OH is 1. The average Bonchev–Trinajstić information content (AvgIpc) is 3.16. The highest BCUT2D eigenvalue weighted by atomic mass is 32.1. The number of unbranched alkanes of at least 4 members (excludes halogenated alkanes) is 8. The zero-order valence-corrected chi connectivity index (χ0v) is 18.8. The molecule has 0 saturated heterocycles. The Morgan fingerprint density at radius 3 is 2.41 bits per heavy atom. The van der Waals surface area contributed by atoms with Gasteiger partial charge in [0.2, 0.25) is 5.91 Å². The summed E-state index contributed by atoms with van der Waals surface area (Å²) in [5.41, 5.74) is 0.814. The van der Waals surface area contributed by atoms with E-state index in [0.29, 0.717) is 4.88 Å². The van der Waals surface area contributed by atoms with Crippen molar-refractivity contribution in [1.29, 1.82) is 0 Å². The molecule has 1 heterocycles. The Hall–Kier alpha value is -1.84. The van der Waals surface area contributed by atoms with Crippen molar-refractivity contribution in [3.8, 4) is 11.8 Å². The molecule has 0 aliphatic carbocycles. The summed E-state index contributed by atoms with van der Waals surface area (Å²) in [6.45, 7) is 5.40. The highest BCUT2D eigenvalue weighted by Crippen LogP contribution is 2.25. The van der Waals surface area contributed by atoms with Gasteiger partial charge in [-0.05, 0) is 19.4 Å². The third-order valence-corrected chi connectivity index (χ3v) is 5.52. The van der Waals surface area contributed by atoms with Gasteiger partial charge in [0.05, 0.1) is 6.61 Å². The van der Waals surface area contributed by atoms with Crippen LogP contribution in [0.15, 0.2) is 11.4 Å². The van der Waals surface area contributed by atoms with E-state index in [1.807, 2.05) is 5.38 Å². The lowest BCUT2D eigenvalue weighted by molar-refractivity contribution is -0.150. The van der Waals surface area contributed by atoms with Gasteiger partial charge >= 0.3 is 5.97 Å². The van der Waals surface area contributed by atoms with E-state index < -0.39 is 24.0 Å². The van der Waals surface area contributed by atoms with Gasteiger partial charge in [-0.15, -0.1) is 11.3 Å². The Morgan fingerprint density at radius 2 is 1.79 bits per heavy atom. The van der Waals surface area contributed by atoms with Crippen molar-refractivity contribution in [2.75, 3.05) is 6.61 Å². The maximum Gasteiger partial charge on any atom is 0.331 e. The van der Waals surface area contributed by atoms with Crippen LogP contribution in [-0.2, 0) is 14.3 Å². The van der Waals surface area contributed by atoms with Crippen LogP contribution in [0.2, 0.25) is 0 Å². The van der Waals surface area contributed by atoms with E-state index in [1.54, 1.807) is 13.0 Å². The zero-order chi connectivity index (χ0) is 21.5. The Balaban J connectivity index is 2.47. The molecule has 1 amide bonds. The molecule has 29 heavy (non-hydrogen) atoms. The van der Waals surface area contributed by atoms with E-state index in [9.17, 15) is 14.7 Å². The molecule has 0 fully saturated rings. The normalized spacial score (nSPS) is 12.6. The summed E-state index contributed by atoms with van der Waals surface area (Å²) >= 11 is 1.32. The van der Waals surface area contributed by atoms with Crippen LogP contribution in [0.25, 0.3) is 0 Å². The first kappa shape index (κ1) is 25.2. The molecule has 6 heteroatoms. The maximum atomic E-state index is 12.1. The molecule has 0 radical (unpaired) electrons. The van der Waals surface area contributed by atoms with Crippen molar-refractivity contribution in [3.05, 3.63) is 21.9 Å². The number of thiophene rings is 1. The van der Waals surface area contributed by atoms with Crippen molar-refractivity contribution in [1.82, 2.24) is 5.32 Å². The third kappa shape index (κ3) is 10.5. The minimum atomic E-state index is -1.16. The lowest BCUT2D eigenvalue weighted by Crippen LogP contribution is -2.44. The number of hydrogen-bond acceptors (Lipinski definition) is 5. The standard InChI is InChI=1S/C23H35NO4S/c1-4-6-7-8-9-10-11-12-13-14-15-19-16-20(29-17-19)22(26)21(24-18(3)25)23(27)28-5-2/h16-17,21-22,26H,4-13H2,1-3H3,(H,24,25). The summed E-state index contributed by atoms with van der Waals surface area (Å²) in [5.74, 6) is 5.26. The molecule has 0 aliphatic rings. The van der Waals surface area contributed by atoms with E-state index in [1.165, 1.54) is 63.2 Å². The molecular formula is C23H35NO4S. The number of amides is 1. The van der Waals surface area contributed by atoms with E-state index in [-0.39, 0.29) is 6.61 Å². The number of rotatable bonds is 13. The number of hydrogen-bond donors (Lipinski definition) is 2. The first-order valence-corrected chi connectivity index (χ1v) is 11.6. The van der Waals surface area contributed by atoms with E-state index >= 15 is 0 Å². The summed E-state index contributed by atoms with van der Waals surface area (Å²) < 4.78 is 4.96. The Morgan fingerprint density at radius 1 is 1.14 bits per heavy atom. The van der Waals surface area contributed by atoms with Crippen LogP contribution < -0.4 is 5.32 Å². The lowest BCUT2D eigenvalue weighted by atomic mass is 10.1. The van der Waals surface area contributed by atoms with Crippen LogP contribution in [0.1, 0.15) is 95.1 Å². The molecule has 0 saturated carbocycles. The van der Waals surface area contributed by atoms with Gasteiger partial charge in [0, 0.05) is 29.2 Å². The van der Waals surface area contributed by atoms with Crippen molar-refractivity contribution in [2.45, 2.75) is 90.7 Å². The number of nitrogens with one attached hydrogen (secondary N) is 1. The number of esters is 1. The summed E-state index contributed by atoms with van der Waals surface area (Å²) in [6.07, 6.45) is 9.92. The van der Waals surface area contributed by atoms with Crippen LogP contribution in [0, 0.1) is 11.8 Å². The number of carbonyl (C=O) groups is 2. The Bertz CT molecular complexity index is 674. The van der Waals surface area contributed by atoms with Gasteiger partial charge in [-0.1, -0.05) is 63.7 Å². The molecular weight excluding hydrogens is 386 g/mol. The highest BCUT2D eigenvalue weighted by Gasteiger charge is 2.31. The predicted octanol–water partition coefficient (Wildman–Crippen LogP) is 4.73. The van der Waals surface area contributed by atoms with Crippen LogP contribution in [0.4, 0.5) is 0 Å². The number of ether oxygens (including phenoxy) is 1. The van der Waals surface area contributed by atoms with Crippen molar-refractivity contribution < 1.29 is 19.4 Å². The average molecular weight is 422 g/mol. The van der Waals surface area contributed by atoms with Crippen molar-refractivity contribution in [3.63, 3.8) is 0 Å². The first-order valence-electron chi connectivity index (χ1n) is 10.7. The molecule has 0 bridgehead atoms. The first-order chi connectivity index (χ1) is 14.0. The zero-order valence-electron chi connectivity index (χ0n) is 18.0. The number of aliphatic hydroxyl groups is 1. The Labute approximate surface area is 179 Å². The molecule has 2 unspecified atom stereocenters. The van der Waals surface area contributed by atoms with Gasteiger partial charge < -0.3 is 15.2 Å². The molecule has 1 aromatic rings. The van der Waals surface area contributed by atoms with Gasteiger partial charge in [-0.25, -0.2) is 4.79 Å². The van der Waals surface area contributed by atoms with Crippen LogP contribution >= 0.6 is 11.3 Å². The summed E-state index contributed by atoms with van der Waals surface area (Å²) in [7, 11) is 0. The van der Waals surface area contributed by atoms with E-state index in [0.717, 1.165) is 18.4 Å². The van der Waals surface area contributed by atoms with Gasteiger partial charge in [-0.2, -0.15) is 0 Å². The molecule has 0 spiro atoms. The second-order valence-electron chi connectivity index (χ2n) is 7.14. The minimum Gasteiger partial charge on any atom is -0.464 e. The molecule has 5 nitrogen and oxygen atoms in total. The van der Waals surface area contributed by atoms with Gasteiger partial charge in [0.15, 0.2) is 6.04 Å². The van der Waals surface area contributed by atoms with E-state index in [4.69, 9.17) is 4.74 Å². The fourth-order valence-corrected chi connectivity index (χ4v) is 3.83. The van der Waals surface area contributed by atoms with Crippen LogP contribution in [-0.4, -0.2) is 29.6 Å². The van der Waals surface area contributed by atoms with Gasteiger partial charge in [0.1, 0.15) is 6.10 Å².